The van der Waals surface area contributed by atoms with Gasteiger partial charge in [-0.2, -0.15) is 13.2 Å². The molecule has 0 spiro atoms. The monoisotopic (exact) mass is 218 g/mol. The Morgan fingerprint density at radius 2 is 1.93 bits per heavy atom. The third-order valence-electron chi connectivity index (χ3n) is 2.13. The summed E-state index contributed by atoms with van der Waals surface area (Å²) < 4.78 is 50.2. The van der Waals surface area contributed by atoms with Crippen LogP contribution in [0.25, 0.3) is 6.08 Å². The first-order valence-corrected chi connectivity index (χ1v) is 4.42. The molecular weight excluding hydrogens is 208 g/mol. The summed E-state index contributed by atoms with van der Waals surface area (Å²) in [6.45, 7) is 5.05. The van der Waals surface area contributed by atoms with Gasteiger partial charge in [-0.3, -0.25) is 0 Å². The lowest BCUT2D eigenvalue weighted by atomic mass is 10.0. The van der Waals surface area contributed by atoms with Crippen LogP contribution in [0.5, 0.6) is 0 Å². The average molecular weight is 218 g/mol. The Morgan fingerprint density at radius 1 is 1.33 bits per heavy atom. The molecule has 4 heteroatoms. The fraction of sp³-hybridized carbons (Fsp3) is 0.273. The zero-order chi connectivity index (χ0) is 11.6. The summed E-state index contributed by atoms with van der Waals surface area (Å²) in [5.41, 5.74) is -0.519. The first-order valence-electron chi connectivity index (χ1n) is 4.42. The molecule has 0 nitrogen and oxygen atoms in total. The maximum absolute atomic E-state index is 13.3. The van der Waals surface area contributed by atoms with Crippen molar-refractivity contribution in [1.29, 1.82) is 0 Å². The van der Waals surface area contributed by atoms with Crippen LogP contribution in [0.3, 0.4) is 0 Å². The Kier molecular flexibility index (Phi) is 3.17. The molecule has 0 amide bonds. The summed E-state index contributed by atoms with van der Waals surface area (Å²) in [5, 5.41) is 0. The molecule has 0 N–H and O–H groups in total. The van der Waals surface area contributed by atoms with E-state index in [1.807, 2.05) is 0 Å². The van der Waals surface area contributed by atoms with Crippen molar-refractivity contribution in [2.45, 2.75) is 19.5 Å². The van der Waals surface area contributed by atoms with Crippen molar-refractivity contribution in [1.82, 2.24) is 0 Å². The van der Waals surface area contributed by atoms with Gasteiger partial charge in [-0.1, -0.05) is 19.6 Å². The highest BCUT2D eigenvalue weighted by Gasteiger charge is 2.31. The molecule has 0 aromatic heterocycles. The van der Waals surface area contributed by atoms with Gasteiger partial charge < -0.3 is 0 Å². The number of alkyl halides is 3. The van der Waals surface area contributed by atoms with Gasteiger partial charge in [0, 0.05) is 0 Å². The molecule has 0 aliphatic rings. The van der Waals surface area contributed by atoms with Crippen LogP contribution in [-0.4, -0.2) is 0 Å². The van der Waals surface area contributed by atoms with Crippen molar-refractivity contribution in [2.24, 2.45) is 0 Å². The molecule has 0 fully saturated rings. The third kappa shape index (κ3) is 2.37. The zero-order valence-electron chi connectivity index (χ0n) is 8.16. The first kappa shape index (κ1) is 11.8. The number of rotatable bonds is 2. The molecule has 0 atom stereocenters. The fourth-order valence-corrected chi connectivity index (χ4v) is 1.38. The van der Waals surface area contributed by atoms with Gasteiger partial charge in [-0.05, 0) is 29.7 Å². The number of halogens is 4. The van der Waals surface area contributed by atoms with Gasteiger partial charge in [0.1, 0.15) is 5.82 Å². The van der Waals surface area contributed by atoms with Crippen LogP contribution in [0.2, 0.25) is 0 Å². The van der Waals surface area contributed by atoms with E-state index < -0.39 is 17.6 Å². The largest absolute Gasteiger partial charge is 0.416 e. The van der Waals surface area contributed by atoms with Gasteiger partial charge in [-0.25, -0.2) is 4.39 Å². The van der Waals surface area contributed by atoms with Crippen molar-refractivity contribution in [3.63, 3.8) is 0 Å². The second-order valence-corrected chi connectivity index (χ2v) is 3.08. The maximum Gasteiger partial charge on any atom is 0.416 e. The normalized spacial score (nSPS) is 11.5. The van der Waals surface area contributed by atoms with E-state index in [2.05, 4.69) is 6.58 Å². The fourth-order valence-electron chi connectivity index (χ4n) is 1.38. The highest BCUT2D eigenvalue weighted by Crippen LogP contribution is 2.32. The summed E-state index contributed by atoms with van der Waals surface area (Å²) in [4.78, 5) is 0. The van der Waals surface area contributed by atoms with E-state index in [0.29, 0.717) is 12.5 Å². The molecule has 82 valence electrons. The van der Waals surface area contributed by atoms with Crippen molar-refractivity contribution in [3.8, 4) is 0 Å². The van der Waals surface area contributed by atoms with E-state index in [9.17, 15) is 17.6 Å². The average Bonchev–Trinajstić information content (AvgIpc) is 2.15. The van der Waals surface area contributed by atoms with Crippen molar-refractivity contribution >= 4 is 6.08 Å². The lowest BCUT2D eigenvalue weighted by Crippen LogP contribution is -2.07. The van der Waals surface area contributed by atoms with E-state index in [0.717, 1.165) is 6.07 Å². The Balaban J connectivity index is 3.38. The molecule has 15 heavy (non-hydrogen) atoms. The molecule has 0 aliphatic heterocycles. The molecule has 0 unspecified atom stereocenters. The lowest BCUT2D eigenvalue weighted by molar-refractivity contribution is -0.137. The molecule has 1 aromatic carbocycles. The first-order chi connectivity index (χ1) is 6.90. The minimum atomic E-state index is -4.52. The molecule has 0 bridgehead atoms. The highest BCUT2D eigenvalue weighted by molar-refractivity contribution is 5.54. The number of benzene rings is 1. The molecule has 0 radical (unpaired) electrons. The topological polar surface area (TPSA) is 0 Å². The zero-order valence-corrected chi connectivity index (χ0v) is 8.16. The Bertz CT molecular complexity index is 377. The summed E-state index contributed by atoms with van der Waals surface area (Å²) in [6.07, 6.45) is -2.95. The SMILES string of the molecule is C=Cc1cc(C(F)(F)F)cc(F)c1CC. The Labute approximate surface area is 85.2 Å². The third-order valence-corrected chi connectivity index (χ3v) is 2.13. The quantitative estimate of drug-likeness (QED) is 0.657. The van der Waals surface area contributed by atoms with Crippen LogP contribution in [0.4, 0.5) is 17.6 Å². The minimum Gasteiger partial charge on any atom is -0.207 e. The lowest BCUT2D eigenvalue weighted by Gasteiger charge is -2.11. The van der Waals surface area contributed by atoms with Crippen molar-refractivity contribution < 1.29 is 17.6 Å². The minimum absolute atomic E-state index is 0.199. The van der Waals surface area contributed by atoms with E-state index in [1.165, 1.54) is 6.08 Å². The number of hydrogen-bond donors (Lipinski definition) is 0. The predicted molar refractivity (Wildman–Crippen MR) is 50.9 cm³/mol. The standard InChI is InChI=1S/C11H10F4/c1-3-7-5-8(11(13,14)15)6-10(12)9(7)4-2/h3,5-6H,1,4H2,2H3. The summed E-state index contributed by atoms with van der Waals surface area (Å²) >= 11 is 0. The highest BCUT2D eigenvalue weighted by atomic mass is 19.4. The van der Waals surface area contributed by atoms with E-state index in [1.54, 1.807) is 6.92 Å². The number of hydrogen-bond acceptors (Lipinski definition) is 0. The Morgan fingerprint density at radius 3 is 2.33 bits per heavy atom. The van der Waals surface area contributed by atoms with Crippen LogP contribution in [0, 0.1) is 5.82 Å². The molecule has 0 saturated heterocycles. The van der Waals surface area contributed by atoms with Crippen molar-refractivity contribution in [3.05, 3.63) is 41.2 Å². The van der Waals surface area contributed by atoms with Gasteiger partial charge in [0.15, 0.2) is 0 Å². The molecule has 0 saturated carbocycles. The van der Waals surface area contributed by atoms with Gasteiger partial charge in [0.2, 0.25) is 0 Å². The van der Waals surface area contributed by atoms with Gasteiger partial charge >= 0.3 is 6.18 Å². The van der Waals surface area contributed by atoms with Crippen LogP contribution >= 0.6 is 0 Å². The second kappa shape index (κ2) is 4.04. The molecule has 0 aliphatic carbocycles. The van der Waals surface area contributed by atoms with Crippen LogP contribution in [-0.2, 0) is 12.6 Å². The van der Waals surface area contributed by atoms with E-state index in [-0.39, 0.29) is 11.1 Å². The molecule has 1 aromatic rings. The smallest absolute Gasteiger partial charge is 0.207 e. The van der Waals surface area contributed by atoms with Gasteiger partial charge in [0.25, 0.3) is 0 Å². The van der Waals surface area contributed by atoms with E-state index in [4.69, 9.17) is 0 Å². The van der Waals surface area contributed by atoms with Crippen LogP contribution in [0.15, 0.2) is 18.7 Å². The summed E-state index contributed by atoms with van der Waals surface area (Å²) in [7, 11) is 0. The van der Waals surface area contributed by atoms with Crippen LogP contribution in [0.1, 0.15) is 23.6 Å². The second-order valence-electron chi connectivity index (χ2n) is 3.08. The van der Waals surface area contributed by atoms with Gasteiger partial charge in [-0.15, -0.1) is 0 Å². The maximum atomic E-state index is 13.3. The molecule has 0 heterocycles. The Hall–Kier alpha value is -1.32. The van der Waals surface area contributed by atoms with Crippen molar-refractivity contribution in [2.75, 3.05) is 0 Å². The predicted octanol–water partition coefficient (Wildman–Crippen LogP) is 4.05. The summed E-state index contributed by atoms with van der Waals surface area (Å²) in [6, 6.07) is 1.43. The molecule has 1 rings (SSSR count). The molecular formula is C11H10F4. The van der Waals surface area contributed by atoms with Crippen LogP contribution < -0.4 is 0 Å². The van der Waals surface area contributed by atoms with E-state index >= 15 is 0 Å². The summed E-state index contributed by atoms with van der Waals surface area (Å²) in [5.74, 6) is -0.831. The van der Waals surface area contributed by atoms with Gasteiger partial charge in [0.05, 0.1) is 5.56 Å².